The van der Waals surface area contributed by atoms with E-state index in [9.17, 15) is 8.42 Å². The van der Waals surface area contributed by atoms with Crippen molar-refractivity contribution in [3.05, 3.63) is 65.2 Å². The van der Waals surface area contributed by atoms with Crippen LogP contribution in [0.2, 0.25) is 5.02 Å². The van der Waals surface area contributed by atoms with E-state index in [1.165, 1.54) is 19.2 Å². The summed E-state index contributed by atoms with van der Waals surface area (Å²) >= 11 is 11.1. The summed E-state index contributed by atoms with van der Waals surface area (Å²) in [6.07, 6.45) is 0. The minimum Gasteiger partial charge on any atom is -0.393 e. The molecule has 0 spiro atoms. The SMILES string of the molecule is COC[C@]1(C(N)=S)[C@@H](c2ccccc2)[C@@H]1S(=O)(=O)c1ccc(Cl)cc1. The van der Waals surface area contributed by atoms with Crippen molar-refractivity contribution in [3.63, 3.8) is 0 Å². The first-order valence-corrected chi connectivity index (χ1v) is 10.0. The van der Waals surface area contributed by atoms with Crippen molar-refractivity contribution in [2.45, 2.75) is 16.1 Å². The summed E-state index contributed by atoms with van der Waals surface area (Å²) in [4.78, 5) is 0.364. The van der Waals surface area contributed by atoms with Crippen LogP contribution in [0, 0.1) is 5.41 Å². The normalized spacial score (nSPS) is 25.5. The molecule has 0 aromatic heterocycles. The van der Waals surface area contributed by atoms with E-state index in [1.54, 1.807) is 12.1 Å². The minimum atomic E-state index is -3.66. The van der Waals surface area contributed by atoms with E-state index in [0.29, 0.717) is 5.02 Å². The van der Waals surface area contributed by atoms with Gasteiger partial charge in [-0.2, -0.15) is 0 Å². The zero-order valence-electron chi connectivity index (χ0n) is 13.6. The highest BCUT2D eigenvalue weighted by atomic mass is 35.5. The Labute approximate surface area is 157 Å². The van der Waals surface area contributed by atoms with Gasteiger partial charge in [0.05, 0.1) is 27.2 Å². The third-order valence-corrected chi connectivity index (χ3v) is 7.66. The number of hydrogen-bond donors (Lipinski definition) is 1. The van der Waals surface area contributed by atoms with Crippen molar-refractivity contribution in [3.8, 4) is 0 Å². The smallest absolute Gasteiger partial charge is 0.182 e. The molecule has 0 heterocycles. The fourth-order valence-electron chi connectivity index (χ4n) is 3.54. The van der Waals surface area contributed by atoms with E-state index >= 15 is 0 Å². The largest absolute Gasteiger partial charge is 0.393 e. The van der Waals surface area contributed by atoms with Crippen molar-refractivity contribution in [1.82, 2.24) is 0 Å². The predicted octanol–water partition coefficient (Wildman–Crippen LogP) is 3.20. The number of hydrogen-bond acceptors (Lipinski definition) is 4. The number of benzene rings is 2. The third-order valence-electron chi connectivity index (χ3n) is 4.73. The average molecular weight is 396 g/mol. The molecule has 0 unspecified atom stereocenters. The second-order valence-electron chi connectivity index (χ2n) is 6.15. The Morgan fingerprint density at radius 1 is 1.20 bits per heavy atom. The monoisotopic (exact) mass is 395 g/mol. The number of thiocarbonyl (C=S) groups is 1. The molecule has 3 rings (SSSR count). The average Bonchev–Trinajstić information content (AvgIpc) is 3.27. The van der Waals surface area contributed by atoms with Gasteiger partial charge in [-0.25, -0.2) is 8.42 Å². The quantitative estimate of drug-likeness (QED) is 0.760. The second-order valence-corrected chi connectivity index (χ2v) is 9.09. The maximum absolute atomic E-state index is 13.3. The van der Waals surface area contributed by atoms with Crippen LogP contribution >= 0.6 is 23.8 Å². The van der Waals surface area contributed by atoms with Gasteiger partial charge in [0, 0.05) is 18.1 Å². The van der Waals surface area contributed by atoms with Crippen molar-refractivity contribution < 1.29 is 13.2 Å². The first kappa shape index (κ1) is 18.3. The molecule has 7 heteroatoms. The first-order chi connectivity index (χ1) is 11.9. The molecule has 1 aliphatic carbocycles. The van der Waals surface area contributed by atoms with Gasteiger partial charge < -0.3 is 10.5 Å². The molecular formula is C18H18ClNO3S2. The fraction of sp³-hybridized carbons (Fsp3) is 0.278. The van der Waals surface area contributed by atoms with Crippen LogP contribution in [-0.4, -0.2) is 32.4 Å². The molecule has 1 fully saturated rings. The third kappa shape index (κ3) is 2.97. The van der Waals surface area contributed by atoms with Crippen LogP contribution in [0.15, 0.2) is 59.5 Å². The van der Waals surface area contributed by atoms with Gasteiger partial charge in [0.1, 0.15) is 0 Å². The number of sulfone groups is 1. The van der Waals surface area contributed by atoms with Crippen molar-refractivity contribution in [2.24, 2.45) is 11.1 Å². The Hall–Kier alpha value is -1.47. The van der Waals surface area contributed by atoms with Crippen LogP contribution in [0.1, 0.15) is 11.5 Å². The Morgan fingerprint density at radius 3 is 2.32 bits per heavy atom. The van der Waals surface area contributed by atoms with Gasteiger partial charge >= 0.3 is 0 Å². The van der Waals surface area contributed by atoms with Crippen LogP contribution < -0.4 is 5.73 Å². The van der Waals surface area contributed by atoms with Crippen molar-refractivity contribution in [1.29, 1.82) is 0 Å². The molecule has 4 nitrogen and oxygen atoms in total. The summed E-state index contributed by atoms with van der Waals surface area (Å²) < 4.78 is 31.9. The lowest BCUT2D eigenvalue weighted by molar-refractivity contribution is 0.166. The summed E-state index contributed by atoms with van der Waals surface area (Å²) in [5, 5.41) is -0.284. The molecule has 0 aliphatic heterocycles. The first-order valence-electron chi connectivity index (χ1n) is 7.69. The van der Waals surface area contributed by atoms with Crippen LogP contribution in [0.25, 0.3) is 0 Å². The second kappa shape index (κ2) is 6.68. The summed E-state index contributed by atoms with van der Waals surface area (Å²) in [5.41, 5.74) is 5.97. The Bertz CT molecular complexity index is 884. The van der Waals surface area contributed by atoms with Gasteiger partial charge in [-0.1, -0.05) is 54.2 Å². The molecule has 1 saturated carbocycles. The van der Waals surface area contributed by atoms with Crippen molar-refractivity contribution >= 4 is 38.6 Å². The number of halogens is 1. The molecule has 25 heavy (non-hydrogen) atoms. The Kier molecular flexibility index (Phi) is 4.90. The van der Waals surface area contributed by atoms with Gasteiger partial charge in [-0.15, -0.1) is 0 Å². The molecule has 2 aromatic rings. The molecule has 0 bridgehead atoms. The summed E-state index contributed by atoms with van der Waals surface area (Å²) in [7, 11) is -2.14. The van der Waals surface area contributed by atoms with Crippen LogP contribution in [-0.2, 0) is 14.6 Å². The number of nitrogens with two attached hydrogens (primary N) is 1. The number of rotatable bonds is 6. The van der Waals surface area contributed by atoms with E-state index in [2.05, 4.69) is 0 Å². The highest BCUT2D eigenvalue weighted by molar-refractivity contribution is 7.92. The van der Waals surface area contributed by atoms with E-state index in [0.717, 1.165) is 5.56 Å². The van der Waals surface area contributed by atoms with Gasteiger partial charge in [0.25, 0.3) is 0 Å². The maximum Gasteiger partial charge on any atom is 0.182 e. The van der Waals surface area contributed by atoms with Gasteiger partial charge in [0.15, 0.2) is 9.84 Å². The number of methoxy groups -OCH3 is 1. The standard InChI is InChI=1S/C18H18ClNO3S2/c1-23-11-18(17(20)24)15(12-5-3-2-4-6-12)16(18)25(21,22)14-9-7-13(19)8-10-14/h2-10,15-16H,11H2,1H3,(H2,20,24)/t15-,16-,18-/m0/s1. The summed E-state index contributed by atoms with van der Waals surface area (Å²) in [6.45, 7) is 0.152. The molecule has 132 valence electrons. The summed E-state index contributed by atoms with van der Waals surface area (Å²) in [6, 6.07) is 15.6. The van der Waals surface area contributed by atoms with Crippen LogP contribution in [0.5, 0.6) is 0 Å². The lowest BCUT2D eigenvalue weighted by atomic mass is 10.00. The zero-order chi connectivity index (χ0) is 18.2. The maximum atomic E-state index is 13.3. The van der Waals surface area contributed by atoms with Gasteiger partial charge in [0.2, 0.25) is 0 Å². The molecule has 2 aromatic carbocycles. The lowest BCUT2D eigenvalue weighted by Crippen LogP contribution is -2.33. The van der Waals surface area contributed by atoms with E-state index in [-0.39, 0.29) is 22.4 Å². The molecule has 0 saturated heterocycles. The topological polar surface area (TPSA) is 69.4 Å². The Balaban J connectivity index is 2.11. The molecule has 0 amide bonds. The molecular weight excluding hydrogens is 378 g/mol. The highest BCUT2D eigenvalue weighted by Crippen LogP contribution is 2.64. The number of ether oxygens (including phenoxy) is 1. The van der Waals surface area contributed by atoms with E-state index < -0.39 is 20.5 Å². The molecule has 2 N–H and O–H groups in total. The molecule has 1 aliphatic rings. The predicted molar refractivity (Wildman–Crippen MR) is 103 cm³/mol. The van der Waals surface area contributed by atoms with Gasteiger partial charge in [-0.3, -0.25) is 0 Å². The van der Waals surface area contributed by atoms with Crippen LogP contribution in [0.3, 0.4) is 0 Å². The van der Waals surface area contributed by atoms with Crippen LogP contribution in [0.4, 0.5) is 0 Å². The zero-order valence-corrected chi connectivity index (χ0v) is 15.9. The van der Waals surface area contributed by atoms with Crippen molar-refractivity contribution in [2.75, 3.05) is 13.7 Å². The van der Waals surface area contributed by atoms with E-state index in [1.807, 2.05) is 30.3 Å². The summed E-state index contributed by atoms with van der Waals surface area (Å²) in [5.74, 6) is -0.341. The van der Waals surface area contributed by atoms with Gasteiger partial charge in [-0.05, 0) is 29.8 Å². The molecule has 3 atom stereocenters. The lowest BCUT2D eigenvalue weighted by Gasteiger charge is -2.16. The molecule has 0 radical (unpaired) electrons. The van der Waals surface area contributed by atoms with E-state index in [4.69, 9.17) is 34.3 Å². The highest BCUT2D eigenvalue weighted by Gasteiger charge is 2.73. The minimum absolute atomic E-state index is 0.152. The Morgan fingerprint density at radius 2 is 1.80 bits per heavy atom. The fourth-order valence-corrected chi connectivity index (χ4v) is 6.44.